The fourth-order valence-corrected chi connectivity index (χ4v) is 3.91. The van der Waals surface area contributed by atoms with E-state index in [9.17, 15) is 4.79 Å². The molecule has 0 spiro atoms. The first-order valence-corrected chi connectivity index (χ1v) is 10.4. The zero-order valence-corrected chi connectivity index (χ0v) is 17.9. The van der Waals surface area contributed by atoms with Gasteiger partial charge in [-0.3, -0.25) is 0 Å². The Balaban J connectivity index is 1.41. The smallest absolute Gasteiger partial charge is 0.410 e. The first kappa shape index (κ1) is 19.5. The van der Waals surface area contributed by atoms with E-state index >= 15 is 0 Å². The van der Waals surface area contributed by atoms with Gasteiger partial charge in [-0.1, -0.05) is 12.1 Å². The van der Waals surface area contributed by atoms with Gasteiger partial charge in [-0.15, -0.1) is 0 Å². The summed E-state index contributed by atoms with van der Waals surface area (Å²) in [6.45, 7) is 7.06. The Morgan fingerprint density at radius 3 is 2.77 bits per heavy atom. The van der Waals surface area contributed by atoms with Crippen molar-refractivity contribution in [1.82, 2.24) is 14.9 Å². The second-order valence-electron chi connectivity index (χ2n) is 8.80. The Morgan fingerprint density at radius 2 is 2.00 bits per heavy atom. The third-order valence-corrected chi connectivity index (χ3v) is 5.44. The van der Waals surface area contributed by atoms with Gasteiger partial charge in [0.25, 0.3) is 0 Å². The van der Waals surface area contributed by atoms with Crippen molar-refractivity contribution in [1.29, 1.82) is 0 Å². The van der Waals surface area contributed by atoms with Crippen LogP contribution in [-0.2, 0) is 4.74 Å². The second-order valence-corrected chi connectivity index (χ2v) is 8.80. The average Bonchev–Trinajstić information content (AvgIpc) is 3.38. The molecule has 7 heteroatoms. The van der Waals surface area contributed by atoms with Gasteiger partial charge in [0.05, 0.1) is 0 Å². The molecule has 2 aromatic heterocycles. The van der Waals surface area contributed by atoms with E-state index in [1.54, 1.807) is 4.90 Å². The minimum absolute atomic E-state index is 0.256. The molecule has 0 aliphatic carbocycles. The lowest BCUT2D eigenvalue weighted by Gasteiger charge is -2.29. The van der Waals surface area contributed by atoms with Crippen LogP contribution in [0.15, 0.2) is 42.7 Å². The molecule has 1 aromatic carbocycles. The SMILES string of the molecule is CC(C)(C)OC(=O)N1CC=C(c2c[nH]c3ncc(-c4ccc5c(c4)OCO5)cc23)CC1. The van der Waals surface area contributed by atoms with Crippen LogP contribution in [0.5, 0.6) is 11.5 Å². The molecule has 1 N–H and O–H groups in total. The number of hydrogen-bond acceptors (Lipinski definition) is 5. The van der Waals surface area contributed by atoms with Gasteiger partial charge in [0.1, 0.15) is 11.2 Å². The number of carbonyl (C=O) groups excluding carboxylic acids is 1. The van der Waals surface area contributed by atoms with Crippen LogP contribution < -0.4 is 9.47 Å². The van der Waals surface area contributed by atoms with Gasteiger partial charge in [0.2, 0.25) is 6.79 Å². The maximum atomic E-state index is 12.3. The molecule has 7 nitrogen and oxygen atoms in total. The van der Waals surface area contributed by atoms with Gasteiger partial charge in [0.15, 0.2) is 11.5 Å². The van der Waals surface area contributed by atoms with Crippen molar-refractivity contribution in [2.24, 2.45) is 0 Å². The lowest BCUT2D eigenvalue weighted by Crippen LogP contribution is -2.39. The highest BCUT2D eigenvalue weighted by molar-refractivity contribution is 5.93. The molecule has 0 fully saturated rings. The van der Waals surface area contributed by atoms with Crippen LogP contribution in [0.2, 0.25) is 0 Å². The molecule has 0 bridgehead atoms. The van der Waals surface area contributed by atoms with Gasteiger partial charge in [-0.2, -0.15) is 0 Å². The first-order chi connectivity index (χ1) is 14.9. The Bertz CT molecular complexity index is 1190. The van der Waals surface area contributed by atoms with Gasteiger partial charge in [0, 0.05) is 42.0 Å². The average molecular weight is 419 g/mol. The Labute approximate surface area is 180 Å². The molecular weight excluding hydrogens is 394 g/mol. The van der Waals surface area contributed by atoms with E-state index in [0.717, 1.165) is 45.6 Å². The number of pyridine rings is 1. The van der Waals surface area contributed by atoms with E-state index in [-0.39, 0.29) is 12.9 Å². The van der Waals surface area contributed by atoms with Gasteiger partial charge in [-0.05, 0) is 56.5 Å². The summed E-state index contributed by atoms with van der Waals surface area (Å²) in [5.74, 6) is 1.52. The summed E-state index contributed by atoms with van der Waals surface area (Å²) in [6, 6.07) is 8.07. The summed E-state index contributed by atoms with van der Waals surface area (Å²) in [4.78, 5) is 22.0. The van der Waals surface area contributed by atoms with Crippen molar-refractivity contribution in [3.05, 3.63) is 48.3 Å². The van der Waals surface area contributed by atoms with Crippen molar-refractivity contribution in [2.45, 2.75) is 32.8 Å². The third kappa shape index (κ3) is 3.83. The van der Waals surface area contributed by atoms with E-state index in [2.05, 4.69) is 22.1 Å². The number of aromatic nitrogens is 2. The first-order valence-electron chi connectivity index (χ1n) is 10.4. The molecule has 0 unspecified atom stereocenters. The molecule has 31 heavy (non-hydrogen) atoms. The minimum atomic E-state index is -0.491. The summed E-state index contributed by atoms with van der Waals surface area (Å²) in [6.07, 6.45) is 6.45. The summed E-state index contributed by atoms with van der Waals surface area (Å²) < 4.78 is 16.4. The van der Waals surface area contributed by atoms with Crippen molar-refractivity contribution in [3.8, 4) is 22.6 Å². The molecule has 0 radical (unpaired) electrons. The Kier molecular flexibility index (Phi) is 4.61. The highest BCUT2D eigenvalue weighted by Crippen LogP contribution is 2.37. The van der Waals surface area contributed by atoms with Gasteiger partial charge in [-0.25, -0.2) is 9.78 Å². The van der Waals surface area contributed by atoms with Gasteiger partial charge >= 0.3 is 6.09 Å². The Hall–Kier alpha value is -3.48. The number of fused-ring (bicyclic) bond motifs is 2. The summed E-state index contributed by atoms with van der Waals surface area (Å²) in [5.41, 5.74) is 4.71. The predicted octanol–water partition coefficient (Wildman–Crippen LogP) is 4.98. The van der Waals surface area contributed by atoms with Crippen LogP contribution in [0.25, 0.3) is 27.7 Å². The van der Waals surface area contributed by atoms with Crippen molar-refractivity contribution >= 4 is 22.7 Å². The largest absolute Gasteiger partial charge is 0.454 e. The quantitative estimate of drug-likeness (QED) is 0.634. The topological polar surface area (TPSA) is 76.7 Å². The molecule has 2 aliphatic heterocycles. The van der Waals surface area contributed by atoms with Gasteiger partial charge < -0.3 is 24.1 Å². The van der Waals surface area contributed by atoms with E-state index in [0.29, 0.717) is 13.1 Å². The summed E-state index contributed by atoms with van der Waals surface area (Å²) in [7, 11) is 0. The summed E-state index contributed by atoms with van der Waals surface area (Å²) >= 11 is 0. The van der Waals surface area contributed by atoms with Crippen molar-refractivity contribution in [2.75, 3.05) is 19.9 Å². The zero-order chi connectivity index (χ0) is 21.6. The number of nitrogens with one attached hydrogen (secondary N) is 1. The maximum absolute atomic E-state index is 12.3. The predicted molar refractivity (Wildman–Crippen MR) is 118 cm³/mol. The van der Waals surface area contributed by atoms with Crippen LogP contribution in [0.3, 0.4) is 0 Å². The standard InChI is InChI=1S/C24H25N3O4/c1-24(2,3)31-23(28)27-8-6-15(7-9-27)19-13-26-22-18(19)10-17(12-25-22)16-4-5-20-21(11-16)30-14-29-20/h4-6,10-13H,7-9,14H2,1-3H3,(H,25,26). The fraction of sp³-hybridized carbons (Fsp3) is 0.333. The normalized spacial score (nSPS) is 15.8. The molecule has 3 aromatic rings. The number of amides is 1. The minimum Gasteiger partial charge on any atom is -0.454 e. The lowest BCUT2D eigenvalue weighted by atomic mass is 9.98. The molecule has 4 heterocycles. The number of carbonyl (C=O) groups is 1. The van der Waals surface area contributed by atoms with Crippen molar-refractivity contribution in [3.63, 3.8) is 0 Å². The van der Waals surface area contributed by atoms with E-state index in [4.69, 9.17) is 14.2 Å². The highest BCUT2D eigenvalue weighted by Gasteiger charge is 2.24. The van der Waals surface area contributed by atoms with Crippen LogP contribution in [0.1, 0.15) is 32.8 Å². The number of nitrogens with zero attached hydrogens (tertiary/aromatic N) is 2. The van der Waals surface area contributed by atoms with Crippen molar-refractivity contribution < 1.29 is 19.0 Å². The van der Waals surface area contributed by atoms with Crippen LogP contribution in [-0.4, -0.2) is 46.4 Å². The van der Waals surface area contributed by atoms with Crippen LogP contribution in [0, 0.1) is 0 Å². The fourth-order valence-electron chi connectivity index (χ4n) is 3.91. The number of hydrogen-bond donors (Lipinski definition) is 1. The lowest BCUT2D eigenvalue weighted by molar-refractivity contribution is 0.0270. The van der Waals surface area contributed by atoms with E-state index in [1.165, 1.54) is 5.57 Å². The molecule has 5 rings (SSSR count). The highest BCUT2D eigenvalue weighted by atomic mass is 16.7. The van der Waals surface area contributed by atoms with E-state index < -0.39 is 5.60 Å². The van der Waals surface area contributed by atoms with E-state index in [1.807, 2.05) is 51.4 Å². The number of rotatable bonds is 2. The number of aromatic amines is 1. The molecule has 0 saturated heterocycles. The Morgan fingerprint density at radius 1 is 1.16 bits per heavy atom. The molecule has 2 aliphatic rings. The number of benzene rings is 1. The van der Waals surface area contributed by atoms with Crippen LogP contribution >= 0.6 is 0 Å². The second kappa shape index (κ2) is 7.34. The molecule has 0 atom stereocenters. The summed E-state index contributed by atoms with van der Waals surface area (Å²) in [5, 5.41) is 1.06. The van der Waals surface area contributed by atoms with Crippen LogP contribution in [0.4, 0.5) is 4.79 Å². The molecule has 160 valence electrons. The zero-order valence-electron chi connectivity index (χ0n) is 17.9. The molecule has 1 amide bonds. The molecular formula is C24H25N3O4. The number of ether oxygens (including phenoxy) is 3. The monoisotopic (exact) mass is 419 g/mol. The molecule has 0 saturated carbocycles. The number of H-pyrrole nitrogens is 1. The third-order valence-electron chi connectivity index (χ3n) is 5.44. The maximum Gasteiger partial charge on any atom is 0.410 e.